The number of H-pyrrole nitrogens is 1. The van der Waals surface area contributed by atoms with Gasteiger partial charge in [-0.05, 0) is 44.9 Å². The zero-order valence-electron chi connectivity index (χ0n) is 12.6. The molecule has 0 atom stereocenters. The number of pyridine rings is 1. The van der Waals surface area contributed by atoms with Crippen LogP contribution >= 0.6 is 0 Å². The third kappa shape index (κ3) is 4.95. The largest absolute Gasteiger partial charge is 0.444 e. The van der Waals surface area contributed by atoms with Gasteiger partial charge in [-0.15, -0.1) is 0 Å². The van der Waals surface area contributed by atoms with Crippen LogP contribution < -0.4 is 5.32 Å². The summed E-state index contributed by atoms with van der Waals surface area (Å²) in [7, 11) is 0. The van der Waals surface area contributed by atoms with Crippen molar-refractivity contribution >= 4 is 23.2 Å². The summed E-state index contributed by atoms with van der Waals surface area (Å²) in [6.07, 6.45) is 8.05. The van der Waals surface area contributed by atoms with E-state index in [-0.39, 0.29) is 6.09 Å². The highest BCUT2D eigenvalue weighted by Gasteiger charge is 2.15. The second-order valence-electron chi connectivity index (χ2n) is 5.80. The van der Waals surface area contributed by atoms with Crippen molar-refractivity contribution in [3.63, 3.8) is 0 Å². The van der Waals surface area contributed by atoms with Gasteiger partial charge in [0.25, 0.3) is 0 Å². The molecule has 0 saturated heterocycles. The van der Waals surface area contributed by atoms with Crippen molar-refractivity contribution in [2.45, 2.75) is 32.8 Å². The summed E-state index contributed by atoms with van der Waals surface area (Å²) in [4.78, 5) is 18.8. The Kier molecular flexibility index (Phi) is 4.62. The van der Waals surface area contributed by atoms with Gasteiger partial charge in [-0.1, -0.05) is 12.2 Å². The van der Waals surface area contributed by atoms with Crippen LogP contribution in [0.5, 0.6) is 0 Å². The van der Waals surface area contributed by atoms with Crippen molar-refractivity contribution in [3.05, 3.63) is 36.2 Å². The van der Waals surface area contributed by atoms with Gasteiger partial charge in [-0.25, -0.2) is 9.78 Å². The predicted molar refractivity (Wildman–Crippen MR) is 84.0 cm³/mol. The standard InChI is InChI=1S/C16H21N3O2/c1-16(2,3)21-15(20)18-8-5-4-6-12-10-13-7-9-17-14(13)19-11-12/h4,6-7,9-11H,5,8H2,1-3H3,(H,17,19)(H,18,20). The lowest BCUT2D eigenvalue weighted by atomic mass is 10.2. The minimum absolute atomic E-state index is 0.383. The molecule has 2 aromatic heterocycles. The first-order chi connectivity index (χ1) is 9.94. The molecule has 0 aromatic carbocycles. The molecule has 0 unspecified atom stereocenters. The number of hydrogen-bond donors (Lipinski definition) is 2. The van der Waals surface area contributed by atoms with Crippen LogP contribution in [0.25, 0.3) is 17.1 Å². The van der Waals surface area contributed by atoms with Crippen LogP contribution in [0.15, 0.2) is 30.6 Å². The van der Waals surface area contributed by atoms with Crippen LogP contribution in [-0.2, 0) is 4.74 Å². The third-order valence-electron chi connectivity index (χ3n) is 2.71. The maximum absolute atomic E-state index is 11.4. The summed E-state index contributed by atoms with van der Waals surface area (Å²) in [5, 5.41) is 3.80. The molecule has 21 heavy (non-hydrogen) atoms. The van der Waals surface area contributed by atoms with E-state index in [9.17, 15) is 4.79 Å². The number of carbonyl (C=O) groups is 1. The summed E-state index contributed by atoms with van der Waals surface area (Å²) in [5.74, 6) is 0. The van der Waals surface area contributed by atoms with E-state index in [1.54, 1.807) is 0 Å². The van der Waals surface area contributed by atoms with Crippen molar-refractivity contribution in [1.29, 1.82) is 0 Å². The van der Waals surface area contributed by atoms with Gasteiger partial charge < -0.3 is 15.0 Å². The summed E-state index contributed by atoms with van der Waals surface area (Å²) in [6, 6.07) is 4.06. The number of nitrogens with zero attached hydrogens (tertiary/aromatic N) is 1. The molecule has 0 spiro atoms. The Bertz CT molecular complexity index is 638. The summed E-state index contributed by atoms with van der Waals surface area (Å²) >= 11 is 0. The minimum atomic E-state index is -0.461. The highest BCUT2D eigenvalue weighted by Crippen LogP contribution is 2.12. The van der Waals surface area contributed by atoms with Crippen LogP contribution in [0.4, 0.5) is 4.79 Å². The maximum Gasteiger partial charge on any atom is 0.407 e. The van der Waals surface area contributed by atoms with Crippen molar-refractivity contribution in [1.82, 2.24) is 15.3 Å². The minimum Gasteiger partial charge on any atom is -0.444 e. The summed E-state index contributed by atoms with van der Waals surface area (Å²) in [6.45, 7) is 6.08. The number of aromatic nitrogens is 2. The third-order valence-corrected chi connectivity index (χ3v) is 2.71. The molecule has 2 N–H and O–H groups in total. The molecule has 2 aromatic rings. The van der Waals surface area contributed by atoms with E-state index in [0.717, 1.165) is 23.0 Å². The molecule has 0 aliphatic carbocycles. The van der Waals surface area contributed by atoms with E-state index >= 15 is 0 Å². The SMILES string of the molecule is CC(C)(C)OC(=O)NCCC=Cc1cnc2[nH]ccc2c1. The Morgan fingerprint density at radius 3 is 3.05 bits per heavy atom. The molecule has 1 amide bonds. The van der Waals surface area contributed by atoms with Gasteiger partial charge in [-0.2, -0.15) is 0 Å². The van der Waals surface area contributed by atoms with E-state index in [2.05, 4.69) is 21.4 Å². The van der Waals surface area contributed by atoms with Gasteiger partial charge in [-0.3, -0.25) is 0 Å². The quantitative estimate of drug-likeness (QED) is 0.846. The Morgan fingerprint density at radius 2 is 2.29 bits per heavy atom. The molecule has 2 rings (SSSR count). The highest BCUT2D eigenvalue weighted by molar-refractivity contribution is 5.77. The number of alkyl carbamates (subject to hydrolysis) is 1. The molecular weight excluding hydrogens is 266 g/mol. The maximum atomic E-state index is 11.4. The fourth-order valence-electron chi connectivity index (χ4n) is 1.84. The second-order valence-corrected chi connectivity index (χ2v) is 5.80. The van der Waals surface area contributed by atoms with Crippen LogP contribution in [0.2, 0.25) is 0 Å². The number of nitrogens with one attached hydrogen (secondary N) is 2. The highest BCUT2D eigenvalue weighted by atomic mass is 16.6. The Hall–Kier alpha value is -2.30. The zero-order valence-corrected chi connectivity index (χ0v) is 12.6. The summed E-state index contributed by atoms with van der Waals surface area (Å²) in [5.41, 5.74) is 1.47. The smallest absolute Gasteiger partial charge is 0.407 e. The molecule has 0 radical (unpaired) electrons. The molecule has 112 valence electrons. The lowest BCUT2D eigenvalue weighted by molar-refractivity contribution is 0.0529. The molecule has 2 heterocycles. The van der Waals surface area contributed by atoms with Crippen LogP contribution in [-0.4, -0.2) is 28.2 Å². The van der Waals surface area contributed by atoms with Crippen molar-refractivity contribution < 1.29 is 9.53 Å². The molecule has 0 aliphatic heterocycles. The molecular formula is C16H21N3O2. The monoisotopic (exact) mass is 287 g/mol. The topological polar surface area (TPSA) is 67.0 Å². The molecule has 0 saturated carbocycles. The Balaban J connectivity index is 1.76. The number of amides is 1. The normalized spacial score (nSPS) is 12.0. The van der Waals surface area contributed by atoms with Crippen molar-refractivity contribution in [2.75, 3.05) is 6.54 Å². The van der Waals surface area contributed by atoms with Crippen LogP contribution in [0.1, 0.15) is 32.8 Å². The molecule has 0 bridgehead atoms. The predicted octanol–water partition coefficient (Wildman–Crippen LogP) is 3.49. The van der Waals surface area contributed by atoms with Crippen molar-refractivity contribution in [3.8, 4) is 0 Å². The number of aromatic amines is 1. The number of fused-ring (bicyclic) bond motifs is 1. The van der Waals surface area contributed by atoms with E-state index in [0.29, 0.717) is 6.54 Å². The van der Waals surface area contributed by atoms with Crippen molar-refractivity contribution in [2.24, 2.45) is 0 Å². The van der Waals surface area contributed by atoms with Gasteiger partial charge in [0.1, 0.15) is 11.2 Å². The zero-order chi connectivity index (χ0) is 15.3. The van der Waals surface area contributed by atoms with Crippen LogP contribution in [0, 0.1) is 0 Å². The lowest BCUT2D eigenvalue weighted by Gasteiger charge is -2.19. The Labute approximate surface area is 124 Å². The molecule has 0 aliphatic rings. The van der Waals surface area contributed by atoms with Gasteiger partial charge in [0.05, 0.1) is 0 Å². The fourth-order valence-corrected chi connectivity index (χ4v) is 1.84. The van der Waals surface area contributed by atoms with E-state index < -0.39 is 5.60 Å². The van der Waals surface area contributed by atoms with Gasteiger partial charge >= 0.3 is 6.09 Å². The van der Waals surface area contributed by atoms with E-state index in [1.165, 1.54) is 0 Å². The average molecular weight is 287 g/mol. The van der Waals surface area contributed by atoms with E-state index in [1.807, 2.05) is 51.4 Å². The molecule has 5 heteroatoms. The van der Waals surface area contributed by atoms with Gasteiger partial charge in [0.15, 0.2) is 0 Å². The number of hydrogen-bond acceptors (Lipinski definition) is 3. The average Bonchev–Trinajstić information content (AvgIpc) is 2.83. The number of ether oxygens (including phenoxy) is 1. The first kappa shape index (κ1) is 15.1. The number of rotatable bonds is 4. The first-order valence-corrected chi connectivity index (χ1v) is 7.00. The number of carbonyl (C=O) groups excluding carboxylic acids is 1. The second kappa shape index (κ2) is 6.43. The molecule has 0 fully saturated rings. The Morgan fingerprint density at radius 1 is 1.48 bits per heavy atom. The van der Waals surface area contributed by atoms with Gasteiger partial charge in [0, 0.05) is 24.3 Å². The van der Waals surface area contributed by atoms with Crippen LogP contribution in [0.3, 0.4) is 0 Å². The van der Waals surface area contributed by atoms with Gasteiger partial charge in [0.2, 0.25) is 0 Å². The van der Waals surface area contributed by atoms with E-state index in [4.69, 9.17) is 4.74 Å². The summed E-state index contributed by atoms with van der Waals surface area (Å²) < 4.78 is 5.15. The molecule has 5 nitrogen and oxygen atoms in total. The first-order valence-electron chi connectivity index (χ1n) is 7.00. The fraction of sp³-hybridized carbons (Fsp3) is 0.375. The lowest BCUT2D eigenvalue weighted by Crippen LogP contribution is -2.32.